The molecule has 28 heavy (non-hydrogen) atoms. The second-order valence-corrected chi connectivity index (χ2v) is 8.24. The van der Waals surface area contributed by atoms with Crippen LogP contribution in [0.3, 0.4) is 0 Å². The van der Waals surface area contributed by atoms with Crippen LogP contribution in [-0.4, -0.2) is 36.9 Å². The van der Waals surface area contributed by atoms with E-state index in [4.69, 9.17) is 0 Å². The first-order chi connectivity index (χ1) is 13.6. The van der Waals surface area contributed by atoms with Crippen molar-refractivity contribution in [1.82, 2.24) is 10.2 Å². The molecule has 1 atom stereocenters. The Labute approximate surface area is 166 Å². The first-order valence-corrected chi connectivity index (χ1v) is 10.3. The monoisotopic (exact) mass is 376 g/mol. The van der Waals surface area contributed by atoms with Gasteiger partial charge in [-0.1, -0.05) is 54.6 Å². The van der Waals surface area contributed by atoms with Crippen molar-refractivity contribution in [2.24, 2.45) is 11.3 Å². The summed E-state index contributed by atoms with van der Waals surface area (Å²) in [6.07, 6.45) is 4.37. The molecule has 4 heteroatoms. The predicted molar refractivity (Wildman–Crippen MR) is 111 cm³/mol. The maximum absolute atomic E-state index is 12.9. The largest absolute Gasteiger partial charge is 0.359 e. The minimum Gasteiger partial charge on any atom is -0.359 e. The van der Waals surface area contributed by atoms with Gasteiger partial charge in [0.25, 0.3) is 0 Å². The van der Waals surface area contributed by atoms with Crippen molar-refractivity contribution in [3.8, 4) is 11.1 Å². The number of rotatable bonds is 5. The molecule has 0 bridgehead atoms. The van der Waals surface area contributed by atoms with Crippen LogP contribution in [0.2, 0.25) is 0 Å². The van der Waals surface area contributed by atoms with Gasteiger partial charge in [-0.15, -0.1) is 0 Å². The highest BCUT2D eigenvalue weighted by molar-refractivity contribution is 5.86. The fourth-order valence-corrected chi connectivity index (χ4v) is 4.42. The molecule has 0 aromatic heterocycles. The second kappa shape index (κ2) is 7.78. The van der Waals surface area contributed by atoms with Crippen LogP contribution in [0.1, 0.15) is 31.2 Å². The van der Waals surface area contributed by atoms with Gasteiger partial charge in [0.05, 0.1) is 5.41 Å². The molecule has 2 amide bonds. The van der Waals surface area contributed by atoms with E-state index in [9.17, 15) is 9.59 Å². The number of hydrogen-bond donors (Lipinski definition) is 1. The summed E-state index contributed by atoms with van der Waals surface area (Å²) in [6, 6.07) is 18.8. The summed E-state index contributed by atoms with van der Waals surface area (Å²) >= 11 is 0. The van der Waals surface area contributed by atoms with Crippen molar-refractivity contribution in [2.75, 3.05) is 20.1 Å². The average molecular weight is 377 g/mol. The second-order valence-electron chi connectivity index (χ2n) is 8.24. The predicted octanol–water partition coefficient (Wildman–Crippen LogP) is 3.66. The number of nitrogens with zero attached hydrogens (tertiary/aromatic N) is 1. The number of carbonyl (C=O) groups is 2. The Hall–Kier alpha value is -2.62. The quantitative estimate of drug-likeness (QED) is 0.866. The van der Waals surface area contributed by atoms with E-state index in [2.05, 4.69) is 41.7 Å². The van der Waals surface area contributed by atoms with Gasteiger partial charge in [-0.25, -0.2) is 0 Å². The summed E-state index contributed by atoms with van der Waals surface area (Å²) in [4.78, 5) is 27.4. The molecule has 1 saturated carbocycles. The van der Waals surface area contributed by atoms with E-state index in [0.717, 1.165) is 37.8 Å². The third-order valence-corrected chi connectivity index (χ3v) is 6.13. The Morgan fingerprint density at radius 1 is 1.04 bits per heavy atom. The van der Waals surface area contributed by atoms with Crippen LogP contribution in [0.15, 0.2) is 54.6 Å². The maximum Gasteiger partial charge on any atom is 0.228 e. The van der Waals surface area contributed by atoms with E-state index in [1.54, 1.807) is 7.05 Å². The van der Waals surface area contributed by atoms with E-state index in [1.807, 2.05) is 23.1 Å². The molecule has 2 aliphatic rings. The van der Waals surface area contributed by atoms with E-state index >= 15 is 0 Å². The molecule has 1 N–H and O–H groups in total. The van der Waals surface area contributed by atoms with Crippen LogP contribution >= 0.6 is 0 Å². The highest BCUT2D eigenvalue weighted by atomic mass is 16.2. The van der Waals surface area contributed by atoms with Crippen molar-refractivity contribution in [1.29, 1.82) is 0 Å². The minimum atomic E-state index is -0.536. The molecule has 2 aromatic rings. The van der Waals surface area contributed by atoms with Gasteiger partial charge in [-0.05, 0) is 48.8 Å². The first-order valence-electron chi connectivity index (χ1n) is 10.3. The molecule has 1 saturated heterocycles. The SMILES string of the molecule is CNC(=O)[C@]1(Cc2ccc(-c3ccccc3)cc2)CCCN(C(=O)C2CC2)C1. The summed E-state index contributed by atoms with van der Waals surface area (Å²) in [6.45, 7) is 1.31. The molecule has 1 aliphatic heterocycles. The third kappa shape index (κ3) is 3.82. The van der Waals surface area contributed by atoms with E-state index in [0.29, 0.717) is 13.0 Å². The number of piperidine rings is 1. The fourth-order valence-electron chi connectivity index (χ4n) is 4.42. The zero-order chi connectivity index (χ0) is 19.6. The Kier molecular flexibility index (Phi) is 5.21. The highest BCUT2D eigenvalue weighted by Crippen LogP contribution is 2.38. The molecule has 2 fully saturated rings. The minimum absolute atomic E-state index is 0.0490. The average Bonchev–Trinajstić information content (AvgIpc) is 3.59. The Morgan fingerprint density at radius 3 is 2.36 bits per heavy atom. The van der Waals surface area contributed by atoms with Crippen LogP contribution in [0.25, 0.3) is 11.1 Å². The Bertz CT molecular complexity index is 843. The zero-order valence-electron chi connectivity index (χ0n) is 16.5. The third-order valence-electron chi connectivity index (χ3n) is 6.13. The summed E-state index contributed by atoms with van der Waals surface area (Å²) in [7, 11) is 1.70. The van der Waals surface area contributed by atoms with E-state index in [1.165, 1.54) is 11.1 Å². The van der Waals surface area contributed by atoms with Crippen molar-refractivity contribution in [3.05, 3.63) is 60.2 Å². The van der Waals surface area contributed by atoms with Crippen molar-refractivity contribution in [3.63, 3.8) is 0 Å². The summed E-state index contributed by atoms with van der Waals surface area (Å²) < 4.78 is 0. The van der Waals surface area contributed by atoms with Crippen molar-refractivity contribution >= 4 is 11.8 Å². The normalized spacial score (nSPS) is 22.0. The molecule has 1 heterocycles. The lowest BCUT2D eigenvalue weighted by atomic mass is 9.74. The molecule has 2 aromatic carbocycles. The van der Waals surface area contributed by atoms with Crippen molar-refractivity contribution in [2.45, 2.75) is 32.1 Å². The molecule has 146 valence electrons. The van der Waals surface area contributed by atoms with Gasteiger partial charge >= 0.3 is 0 Å². The molecule has 4 rings (SSSR count). The molecular weight excluding hydrogens is 348 g/mol. The smallest absolute Gasteiger partial charge is 0.228 e. The van der Waals surface area contributed by atoms with Gasteiger partial charge in [0.2, 0.25) is 11.8 Å². The van der Waals surface area contributed by atoms with Gasteiger partial charge < -0.3 is 10.2 Å². The van der Waals surface area contributed by atoms with Crippen LogP contribution in [0, 0.1) is 11.3 Å². The van der Waals surface area contributed by atoms with Gasteiger partial charge in [-0.3, -0.25) is 9.59 Å². The summed E-state index contributed by atoms with van der Waals surface area (Å²) in [5.41, 5.74) is 2.97. The summed E-state index contributed by atoms with van der Waals surface area (Å²) in [5, 5.41) is 2.86. The molecule has 0 radical (unpaired) electrons. The van der Waals surface area contributed by atoms with Gasteiger partial charge in [0.1, 0.15) is 0 Å². The molecule has 4 nitrogen and oxygen atoms in total. The number of likely N-dealkylation sites (tertiary alicyclic amines) is 1. The Balaban J connectivity index is 1.54. The number of nitrogens with one attached hydrogen (secondary N) is 1. The van der Waals surface area contributed by atoms with Crippen molar-refractivity contribution < 1.29 is 9.59 Å². The lowest BCUT2D eigenvalue weighted by molar-refractivity contribution is -0.142. The standard InChI is InChI=1S/C24H28N2O2/c1-25-23(28)24(14-5-15-26(17-24)22(27)21-12-13-21)16-18-8-10-20(11-9-18)19-6-3-2-4-7-19/h2-4,6-11,21H,5,12-17H2,1H3,(H,25,28)/t24-/m0/s1. The van der Waals surface area contributed by atoms with Gasteiger partial charge in [0, 0.05) is 26.1 Å². The molecule has 0 spiro atoms. The lowest BCUT2D eigenvalue weighted by Gasteiger charge is -2.41. The maximum atomic E-state index is 12.9. The van der Waals surface area contributed by atoms with Crippen LogP contribution in [-0.2, 0) is 16.0 Å². The van der Waals surface area contributed by atoms with Gasteiger partial charge in [0.15, 0.2) is 0 Å². The summed E-state index contributed by atoms with van der Waals surface area (Å²) in [5.74, 6) is 0.492. The first kappa shape index (κ1) is 18.7. The van der Waals surface area contributed by atoms with E-state index in [-0.39, 0.29) is 17.7 Å². The van der Waals surface area contributed by atoms with E-state index < -0.39 is 5.41 Å². The van der Waals surface area contributed by atoms with Crippen LogP contribution in [0.5, 0.6) is 0 Å². The number of benzene rings is 2. The number of amides is 2. The molecular formula is C24H28N2O2. The van der Waals surface area contributed by atoms with Crippen LogP contribution < -0.4 is 5.32 Å². The number of carbonyl (C=O) groups excluding carboxylic acids is 2. The topological polar surface area (TPSA) is 49.4 Å². The molecule has 0 unspecified atom stereocenters. The zero-order valence-corrected chi connectivity index (χ0v) is 16.5. The Morgan fingerprint density at radius 2 is 1.71 bits per heavy atom. The highest BCUT2D eigenvalue weighted by Gasteiger charge is 2.45. The molecule has 1 aliphatic carbocycles. The fraction of sp³-hybridized carbons (Fsp3) is 0.417. The lowest BCUT2D eigenvalue weighted by Crippen LogP contribution is -2.54. The van der Waals surface area contributed by atoms with Gasteiger partial charge in [-0.2, -0.15) is 0 Å². The van der Waals surface area contributed by atoms with Crippen LogP contribution in [0.4, 0.5) is 0 Å². The number of hydrogen-bond acceptors (Lipinski definition) is 2.